The zero-order valence-corrected chi connectivity index (χ0v) is 14.4. The van der Waals surface area contributed by atoms with Gasteiger partial charge in [-0.1, -0.05) is 30.3 Å². The molecule has 6 nitrogen and oxygen atoms in total. The Bertz CT molecular complexity index is 840. The average molecular weight is 355 g/mol. The first kappa shape index (κ1) is 16.9. The van der Waals surface area contributed by atoms with E-state index >= 15 is 0 Å². The van der Waals surface area contributed by atoms with Gasteiger partial charge in [0.1, 0.15) is 18.3 Å². The lowest BCUT2D eigenvalue weighted by Crippen LogP contribution is -2.39. The second kappa shape index (κ2) is 7.78. The average Bonchev–Trinajstić information content (AvgIpc) is 3.14. The van der Waals surface area contributed by atoms with Crippen molar-refractivity contribution in [2.24, 2.45) is 0 Å². The summed E-state index contributed by atoms with van der Waals surface area (Å²) in [5.74, 6) is 0.699. The molecule has 2 N–H and O–H groups in total. The van der Waals surface area contributed by atoms with E-state index in [9.17, 15) is 4.39 Å². The Labute approximate surface area is 151 Å². The van der Waals surface area contributed by atoms with Crippen LogP contribution >= 0.6 is 0 Å². The molecule has 7 heteroatoms. The van der Waals surface area contributed by atoms with Crippen LogP contribution in [0.1, 0.15) is 24.8 Å². The quantitative estimate of drug-likeness (QED) is 0.710. The fourth-order valence-electron chi connectivity index (χ4n) is 3.45. The van der Waals surface area contributed by atoms with E-state index < -0.39 is 6.17 Å². The number of benzene rings is 1. The molecule has 0 radical (unpaired) electrons. The summed E-state index contributed by atoms with van der Waals surface area (Å²) in [4.78, 5) is 8.38. The summed E-state index contributed by atoms with van der Waals surface area (Å²) >= 11 is 0. The van der Waals surface area contributed by atoms with Crippen molar-refractivity contribution in [1.82, 2.24) is 20.2 Å². The lowest BCUT2D eigenvalue weighted by atomic mass is 9.91. The maximum Gasteiger partial charge on any atom is 0.160 e. The molecule has 2 aromatic heterocycles. The molecule has 0 spiro atoms. The monoisotopic (exact) mass is 355 g/mol. The molecular formula is C19H22FN5O. The van der Waals surface area contributed by atoms with Gasteiger partial charge in [-0.05, 0) is 24.8 Å². The van der Waals surface area contributed by atoms with Crippen molar-refractivity contribution in [3.63, 3.8) is 0 Å². The van der Waals surface area contributed by atoms with Crippen molar-refractivity contribution >= 4 is 16.9 Å². The van der Waals surface area contributed by atoms with Crippen LogP contribution in [0.15, 0.2) is 42.9 Å². The number of nitrogens with one attached hydrogen (secondary N) is 2. The number of halogens is 1. The van der Waals surface area contributed by atoms with Gasteiger partial charge >= 0.3 is 0 Å². The molecule has 0 amide bonds. The van der Waals surface area contributed by atoms with Gasteiger partial charge in [0.25, 0.3) is 0 Å². The highest BCUT2D eigenvalue weighted by molar-refractivity contribution is 5.85. The third-order valence-corrected chi connectivity index (χ3v) is 4.87. The standard InChI is InChI=1S/C19H22FN5O/c20-16-10-14(24-18-15-11-23-25-19(15)22-12-21-18)6-7-17(16)26-9-8-13-4-2-1-3-5-13/h1-5,11-12,14,16-17H,6-10H2,(H2,21,22,23,24,25)/t14-,16-,17-/m1/s1. The smallest absolute Gasteiger partial charge is 0.160 e. The summed E-state index contributed by atoms with van der Waals surface area (Å²) in [6.07, 6.45) is 4.64. The van der Waals surface area contributed by atoms with Gasteiger partial charge in [0.05, 0.1) is 24.3 Å². The molecule has 3 atom stereocenters. The molecule has 0 saturated heterocycles. The highest BCUT2D eigenvalue weighted by Crippen LogP contribution is 2.28. The molecule has 136 valence electrons. The molecule has 1 aliphatic rings. The number of H-pyrrole nitrogens is 1. The van der Waals surface area contributed by atoms with Crippen molar-refractivity contribution < 1.29 is 9.13 Å². The van der Waals surface area contributed by atoms with Crippen LogP contribution in [0.25, 0.3) is 11.0 Å². The van der Waals surface area contributed by atoms with Crippen molar-refractivity contribution in [2.75, 3.05) is 11.9 Å². The van der Waals surface area contributed by atoms with E-state index in [1.165, 1.54) is 11.9 Å². The van der Waals surface area contributed by atoms with Gasteiger partial charge in [0.2, 0.25) is 0 Å². The first-order valence-corrected chi connectivity index (χ1v) is 9.00. The largest absolute Gasteiger partial charge is 0.375 e. The topological polar surface area (TPSA) is 75.7 Å². The number of fused-ring (bicyclic) bond motifs is 1. The minimum atomic E-state index is -0.973. The summed E-state index contributed by atoms with van der Waals surface area (Å²) in [5.41, 5.74) is 1.89. The lowest BCUT2D eigenvalue weighted by Gasteiger charge is -2.32. The minimum absolute atomic E-state index is 0.0342. The summed E-state index contributed by atoms with van der Waals surface area (Å²) < 4.78 is 20.4. The molecule has 0 unspecified atom stereocenters. The maximum absolute atomic E-state index is 14.6. The summed E-state index contributed by atoms with van der Waals surface area (Å²) in [7, 11) is 0. The Kier molecular flexibility index (Phi) is 5.06. The van der Waals surface area contributed by atoms with Crippen LogP contribution in [-0.4, -0.2) is 45.1 Å². The molecule has 0 aliphatic heterocycles. The first-order valence-electron chi connectivity index (χ1n) is 9.00. The third-order valence-electron chi connectivity index (χ3n) is 4.87. The molecule has 26 heavy (non-hydrogen) atoms. The van der Waals surface area contributed by atoms with Crippen molar-refractivity contribution in [3.8, 4) is 0 Å². The van der Waals surface area contributed by atoms with Gasteiger partial charge in [0.15, 0.2) is 5.65 Å². The van der Waals surface area contributed by atoms with Crippen LogP contribution in [0.3, 0.4) is 0 Å². The molecule has 1 fully saturated rings. The number of aromatic amines is 1. The molecule has 0 bridgehead atoms. The first-order chi connectivity index (χ1) is 12.8. The highest BCUT2D eigenvalue weighted by Gasteiger charge is 2.31. The number of anilines is 1. The molecule has 4 rings (SSSR count). The Morgan fingerprint density at radius 3 is 2.92 bits per heavy atom. The number of rotatable bonds is 6. The van der Waals surface area contributed by atoms with Gasteiger partial charge in [0, 0.05) is 12.5 Å². The summed E-state index contributed by atoms with van der Waals surface area (Å²) in [6.45, 7) is 0.550. The fraction of sp³-hybridized carbons (Fsp3) is 0.421. The Morgan fingerprint density at radius 1 is 1.19 bits per heavy atom. The predicted molar refractivity (Wildman–Crippen MR) is 97.7 cm³/mol. The zero-order valence-electron chi connectivity index (χ0n) is 14.4. The number of ether oxygens (including phenoxy) is 1. The SMILES string of the molecule is F[C@@H]1C[C@H](Nc2ncnc3[nH]ncc23)CC[C@H]1OCCc1ccccc1. The van der Waals surface area contributed by atoms with Crippen LogP contribution in [-0.2, 0) is 11.2 Å². The lowest BCUT2D eigenvalue weighted by molar-refractivity contribution is -0.0252. The van der Waals surface area contributed by atoms with Gasteiger partial charge in [-0.25, -0.2) is 14.4 Å². The van der Waals surface area contributed by atoms with E-state index in [2.05, 4.69) is 37.6 Å². The van der Waals surface area contributed by atoms with Gasteiger partial charge in [-0.2, -0.15) is 5.10 Å². The Morgan fingerprint density at radius 2 is 2.08 bits per heavy atom. The highest BCUT2D eigenvalue weighted by atomic mass is 19.1. The zero-order chi connectivity index (χ0) is 17.8. The minimum Gasteiger partial charge on any atom is -0.375 e. The molecule has 3 aromatic rings. The second-order valence-electron chi connectivity index (χ2n) is 6.67. The van der Waals surface area contributed by atoms with Crippen LogP contribution in [0.5, 0.6) is 0 Å². The van der Waals surface area contributed by atoms with Crippen molar-refractivity contribution in [2.45, 2.75) is 44.0 Å². The van der Waals surface area contributed by atoms with Crippen LogP contribution in [0.2, 0.25) is 0 Å². The number of hydrogen-bond donors (Lipinski definition) is 2. The molecule has 1 aliphatic carbocycles. The van der Waals surface area contributed by atoms with Crippen LogP contribution in [0.4, 0.5) is 10.2 Å². The van der Waals surface area contributed by atoms with Gasteiger partial charge < -0.3 is 10.1 Å². The molecule has 1 saturated carbocycles. The number of hydrogen-bond acceptors (Lipinski definition) is 5. The Hall–Kier alpha value is -2.54. The predicted octanol–water partition coefficient (Wildman–Crippen LogP) is 3.28. The summed E-state index contributed by atoms with van der Waals surface area (Å²) in [6, 6.07) is 10.2. The van der Waals surface area contributed by atoms with E-state index in [0.29, 0.717) is 30.9 Å². The summed E-state index contributed by atoms with van der Waals surface area (Å²) in [5, 5.41) is 11.0. The van der Waals surface area contributed by atoms with E-state index in [1.54, 1.807) is 6.20 Å². The van der Waals surface area contributed by atoms with Crippen LogP contribution in [0, 0.1) is 0 Å². The van der Waals surface area contributed by atoms with Gasteiger partial charge in [-0.15, -0.1) is 0 Å². The van der Waals surface area contributed by atoms with Gasteiger partial charge in [-0.3, -0.25) is 5.10 Å². The van der Waals surface area contributed by atoms with E-state index in [1.807, 2.05) is 18.2 Å². The Balaban J connectivity index is 1.29. The van der Waals surface area contributed by atoms with Crippen molar-refractivity contribution in [1.29, 1.82) is 0 Å². The molecule has 1 aromatic carbocycles. The van der Waals surface area contributed by atoms with Crippen molar-refractivity contribution in [3.05, 3.63) is 48.4 Å². The molecule has 2 heterocycles. The second-order valence-corrected chi connectivity index (χ2v) is 6.67. The van der Waals surface area contributed by atoms with E-state index in [-0.39, 0.29) is 12.1 Å². The number of nitrogens with zero attached hydrogens (tertiary/aromatic N) is 3. The normalized spacial score (nSPS) is 23.2. The number of aromatic nitrogens is 4. The van der Waals surface area contributed by atoms with E-state index in [4.69, 9.17) is 4.74 Å². The number of alkyl halides is 1. The fourth-order valence-corrected chi connectivity index (χ4v) is 3.45. The third kappa shape index (κ3) is 3.83. The van der Waals surface area contributed by atoms with E-state index in [0.717, 1.165) is 18.2 Å². The molecular weight excluding hydrogens is 333 g/mol. The maximum atomic E-state index is 14.6. The van der Waals surface area contributed by atoms with Crippen LogP contribution < -0.4 is 5.32 Å².